The van der Waals surface area contributed by atoms with E-state index in [1.807, 2.05) is 25.1 Å². The molecule has 0 saturated carbocycles. The van der Waals surface area contributed by atoms with Gasteiger partial charge in [0.15, 0.2) is 5.13 Å². The Morgan fingerprint density at radius 1 is 1.44 bits per heavy atom. The number of nitrogens with zero attached hydrogens (tertiary/aromatic N) is 3. The molecule has 0 radical (unpaired) electrons. The van der Waals surface area contributed by atoms with Gasteiger partial charge in [-0.05, 0) is 0 Å². The van der Waals surface area contributed by atoms with Crippen molar-refractivity contribution in [1.82, 2.24) is 15.5 Å². The van der Waals surface area contributed by atoms with Crippen molar-refractivity contribution in [2.24, 2.45) is 0 Å². The van der Waals surface area contributed by atoms with Crippen molar-refractivity contribution in [3.05, 3.63) is 22.9 Å². The van der Waals surface area contributed by atoms with E-state index in [0.29, 0.717) is 19.0 Å². The lowest BCUT2D eigenvalue weighted by atomic mass is 10.4. The van der Waals surface area contributed by atoms with Crippen molar-refractivity contribution < 1.29 is 9.26 Å². The van der Waals surface area contributed by atoms with Crippen molar-refractivity contribution in [1.29, 1.82) is 0 Å². The van der Waals surface area contributed by atoms with Gasteiger partial charge >= 0.3 is 0 Å². The maximum atomic E-state index is 5.26. The first kappa shape index (κ1) is 12.8. The maximum absolute atomic E-state index is 5.26. The lowest BCUT2D eigenvalue weighted by Crippen LogP contribution is -2.11. The summed E-state index contributed by atoms with van der Waals surface area (Å²) in [5, 5.41) is 7.86. The molecule has 0 bridgehead atoms. The van der Waals surface area contributed by atoms with E-state index in [2.05, 4.69) is 15.5 Å². The summed E-state index contributed by atoms with van der Waals surface area (Å²) >= 11 is 1.61. The first-order valence-corrected chi connectivity index (χ1v) is 6.33. The van der Waals surface area contributed by atoms with Gasteiger partial charge in [-0.25, -0.2) is 0 Å². The quantitative estimate of drug-likeness (QED) is 0.856. The Labute approximate surface area is 110 Å². The molecule has 0 aliphatic rings. The van der Waals surface area contributed by atoms with Crippen molar-refractivity contribution in [3.8, 4) is 5.88 Å². The number of nitrogens with one attached hydrogen (secondary N) is 1. The van der Waals surface area contributed by atoms with Gasteiger partial charge in [-0.2, -0.15) is 4.98 Å². The van der Waals surface area contributed by atoms with Crippen LogP contribution in [0.5, 0.6) is 5.88 Å². The van der Waals surface area contributed by atoms with E-state index in [1.54, 1.807) is 24.6 Å². The number of thiazole rings is 1. The number of rotatable bonds is 6. The standard InChI is InChI=1S/C11H16N4O2S/c1-15(2)11-14-10(16-3)9(18-11)7-12-6-8-4-5-13-17-8/h4-5,12H,6-7H2,1-3H3. The van der Waals surface area contributed by atoms with Crippen molar-refractivity contribution in [2.45, 2.75) is 13.1 Å². The van der Waals surface area contributed by atoms with Gasteiger partial charge < -0.3 is 19.5 Å². The van der Waals surface area contributed by atoms with E-state index >= 15 is 0 Å². The fourth-order valence-electron chi connectivity index (χ4n) is 1.42. The largest absolute Gasteiger partial charge is 0.480 e. The predicted molar refractivity (Wildman–Crippen MR) is 70.0 cm³/mol. The summed E-state index contributed by atoms with van der Waals surface area (Å²) < 4.78 is 10.3. The highest BCUT2D eigenvalue weighted by molar-refractivity contribution is 7.15. The molecule has 0 unspecified atom stereocenters. The van der Waals surface area contributed by atoms with Crippen LogP contribution in [0.2, 0.25) is 0 Å². The summed E-state index contributed by atoms with van der Waals surface area (Å²) in [6.45, 7) is 1.33. The topological polar surface area (TPSA) is 63.4 Å². The molecule has 0 aromatic carbocycles. The van der Waals surface area contributed by atoms with Gasteiger partial charge in [0, 0.05) is 26.7 Å². The monoisotopic (exact) mass is 268 g/mol. The Morgan fingerprint density at radius 2 is 2.28 bits per heavy atom. The van der Waals surface area contributed by atoms with Crippen molar-refractivity contribution in [3.63, 3.8) is 0 Å². The number of hydrogen-bond donors (Lipinski definition) is 1. The molecule has 0 fully saturated rings. The van der Waals surface area contributed by atoms with Gasteiger partial charge in [-0.15, -0.1) is 0 Å². The molecule has 0 aliphatic heterocycles. The van der Waals surface area contributed by atoms with Crippen LogP contribution in [0.1, 0.15) is 10.6 Å². The average molecular weight is 268 g/mol. The summed E-state index contributed by atoms with van der Waals surface area (Å²) in [6.07, 6.45) is 1.63. The molecule has 2 aromatic heterocycles. The maximum Gasteiger partial charge on any atom is 0.230 e. The SMILES string of the molecule is COc1nc(N(C)C)sc1CNCc1ccno1. The normalized spacial score (nSPS) is 10.6. The Balaban J connectivity index is 1.95. The van der Waals surface area contributed by atoms with Crippen LogP contribution < -0.4 is 15.0 Å². The molecule has 0 amide bonds. The summed E-state index contributed by atoms with van der Waals surface area (Å²) in [5.41, 5.74) is 0. The van der Waals surface area contributed by atoms with Gasteiger partial charge in [0.2, 0.25) is 5.88 Å². The molecular formula is C11H16N4O2S. The third-order valence-electron chi connectivity index (χ3n) is 2.30. The molecule has 2 heterocycles. The molecule has 2 aromatic rings. The lowest BCUT2D eigenvalue weighted by Gasteiger charge is -2.04. The van der Waals surface area contributed by atoms with E-state index in [1.165, 1.54) is 0 Å². The highest BCUT2D eigenvalue weighted by atomic mass is 32.1. The third kappa shape index (κ3) is 2.99. The molecule has 98 valence electrons. The van der Waals surface area contributed by atoms with E-state index in [0.717, 1.165) is 15.8 Å². The number of aromatic nitrogens is 2. The van der Waals surface area contributed by atoms with Crippen molar-refractivity contribution in [2.75, 3.05) is 26.1 Å². The minimum Gasteiger partial charge on any atom is -0.480 e. The van der Waals surface area contributed by atoms with E-state index in [4.69, 9.17) is 9.26 Å². The highest BCUT2D eigenvalue weighted by Gasteiger charge is 2.12. The smallest absolute Gasteiger partial charge is 0.230 e. The zero-order chi connectivity index (χ0) is 13.0. The van der Waals surface area contributed by atoms with Gasteiger partial charge in [0.05, 0.1) is 24.7 Å². The predicted octanol–water partition coefficient (Wildman–Crippen LogP) is 1.50. The molecule has 6 nitrogen and oxygen atoms in total. The molecule has 18 heavy (non-hydrogen) atoms. The van der Waals surface area contributed by atoms with Gasteiger partial charge in [0.1, 0.15) is 5.76 Å². The van der Waals surface area contributed by atoms with Crippen LogP contribution in [0.3, 0.4) is 0 Å². The van der Waals surface area contributed by atoms with Crippen LogP contribution in [0.4, 0.5) is 5.13 Å². The molecule has 2 rings (SSSR count). The average Bonchev–Trinajstić information content (AvgIpc) is 2.97. The molecule has 1 N–H and O–H groups in total. The third-order valence-corrected chi connectivity index (χ3v) is 3.51. The number of ether oxygens (including phenoxy) is 1. The molecule has 0 aliphatic carbocycles. The van der Waals surface area contributed by atoms with E-state index in [-0.39, 0.29) is 0 Å². The molecule has 0 atom stereocenters. The van der Waals surface area contributed by atoms with Gasteiger partial charge in [0.25, 0.3) is 0 Å². The van der Waals surface area contributed by atoms with Crippen LogP contribution in [-0.2, 0) is 13.1 Å². The Morgan fingerprint density at radius 3 is 2.89 bits per heavy atom. The first-order chi connectivity index (χ1) is 8.70. The van der Waals surface area contributed by atoms with Gasteiger partial charge in [-0.3, -0.25) is 0 Å². The summed E-state index contributed by atoms with van der Waals surface area (Å²) in [6, 6.07) is 1.84. The lowest BCUT2D eigenvalue weighted by molar-refractivity contribution is 0.370. The molecule has 0 spiro atoms. The van der Waals surface area contributed by atoms with Crippen LogP contribution in [0.25, 0.3) is 0 Å². The van der Waals surface area contributed by atoms with Crippen LogP contribution >= 0.6 is 11.3 Å². The van der Waals surface area contributed by atoms with Crippen LogP contribution in [0, 0.1) is 0 Å². The summed E-state index contributed by atoms with van der Waals surface area (Å²) in [4.78, 5) is 7.43. The summed E-state index contributed by atoms with van der Waals surface area (Å²) in [7, 11) is 5.56. The highest BCUT2D eigenvalue weighted by Crippen LogP contribution is 2.30. The number of methoxy groups -OCH3 is 1. The second kappa shape index (κ2) is 5.83. The zero-order valence-corrected chi connectivity index (χ0v) is 11.5. The van der Waals surface area contributed by atoms with Gasteiger partial charge in [-0.1, -0.05) is 16.5 Å². The van der Waals surface area contributed by atoms with Crippen molar-refractivity contribution >= 4 is 16.5 Å². The molecule has 0 saturated heterocycles. The Kier molecular flexibility index (Phi) is 4.16. The minimum absolute atomic E-state index is 0.637. The van der Waals surface area contributed by atoms with Crippen LogP contribution in [0.15, 0.2) is 16.8 Å². The Bertz CT molecular complexity index is 481. The first-order valence-electron chi connectivity index (χ1n) is 5.52. The second-order valence-electron chi connectivity index (χ2n) is 3.91. The fourth-order valence-corrected chi connectivity index (χ4v) is 2.34. The molecular weight excluding hydrogens is 252 g/mol. The summed E-state index contributed by atoms with van der Waals surface area (Å²) in [5.74, 6) is 1.49. The van der Waals surface area contributed by atoms with Crippen LogP contribution in [-0.4, -0.2) is 31.3 Å². The van der Waals surface area contributed by atoms with E-state index in [9.17, 15) is 0 Å². The number of anilines is 1. The number of hydrogen-bond acceptors (Lipinski definition) is 7. The Hall–Kier alpha value is -1.60. The van der Waals surface area contributed by atoms with E-state index < -0.39 is 0 Å². The minimum atomic E-state index is 0.637. The second-order valence-corrected chi connectivity index (χ2v) is 4.97. The molecule has 7 heteroatoms. The zero-order valence-electron chi connectivity index (χ0n) is 10.6. The fraction of sp³-hybridized carbons (Fsp3) is 0.455.